The van der Waals surface area contributed by atoms with Gasteiger partial charge in [-0.05, 0) is 6.07 Å². The molecule has 0 saturated carbocycles. The molecule has 0 aliphatic heterocycles. The maximum atomic E-state index is 5.82. The minimum Gasteiger partial charge on any atom is -0.240 e. The van der Waals surface area contributed by atoms with E-state index in [1.165, 1.54) is 11.3 Å². The highest BCUT2D eigenvalue weighted by atomic mass is 35.5. The Kier molecular flexibility index (Phi) is 2.89. The van der Waals surface area contributed by atoms with E-state index in [2.05, 4.69) is 4.98 Å². The first-order valence-corrected chi connectivity index (χ1v) is 6.21. The summed E-state index contributed by atoms with van der Waals surface area (Å²) < 4.78 is 0.787. The monoisotopic (exact) mass is 249 g/mol. The largest absolute Gasteiger partial charge is 0.240 e. The quantitative estimate of drug-likeness (QED) is 0.725. The molecule has 0 radical (unpaired) electrons. The number of thiophene rings is 1. The Morgan fingerprint density at radius 1 is 1.31 bits per heavy atom. The fourth-order valence-corrected chi connectivity index (χ4v) is 2.72. The van der Waals surface area contributed by atoms with Gasteiger partial charge < -0.3 is 0 Å². The first kappa shape index (κ1) is 9.46. The first-order chi connectivity index (χ1) is 6.29. The van der Waals surface area contributed by atoms with Crippen LogP contribution < -0.4 is 0 Å². The Labute approximate surface area is 94.0 Å². The lowest BCUT2D eigenvalue weighted by Crippen LogP contribution is -1.75. The molecule has 0 spiro atoms. The van der Waals surface area contributed by atoms with Crippen LogP contribution in [-0.2, 0) is 5.88 Å². The molecule has 0 aliphatic carbocycles. The van der Waals surface area contributed by atoms with Crippen molar-refractivity contribution in [1.29, 1.82) is 0 Å². The molecule has 2 aromatic rings. The highest BCUT2D eigenvalue weighted by Gasteiger charge is 2.05. The smallest absolute Gasteiger partial charge is 0.108 e. The highest BCUT2D eigenvalue weighted by Crippen LogP contribution is 2.29. The number of thiazole rings is 1. The molecule has 1 nitrogen and oxygen atoms in total. The van der Waals surface area contributed by atoms with Crippen molar-refractivity contribution < 1.29 is 0 Å². The second-order valence-electron chi connectivity index (χ2n) is 2.40. The molecule has 0 atom stereocenters. The van der Waals surface area contributed by atoms with Crippen molar-refractivity contribution in [1.82, 2.24) is 4.98 Å². The van der Waals surface area contributed by atoms with E-state index in [-0.39, 0.29) is 0 Å². The molecule has 0 fully saturated rings. The molecule has 0 aliphatic rings. The maximum Gasteiger partial charge on any atom is 0.108 e. The van der Waals surface area contributed by atoms with Crippen LogP contribution in [0, 0.1) is 0 Å². The third-order valence-corrected chi connectivity index (χ3v) is 3.88. The molecule has 13 heavy (non-hydrogen) atoms. The van der Waals surface area contributed by atoms with Crippen molar-refractivity contribution in [3.05, 3.63) is 26.2 Å². The standard InChI is InChI=1S/C8H5Cl2NS2/c9-2-8-11-6(4-13-8)5-1-7(10)12-3-5/h1,3-4H,2H2. The van der Waals surface area contributed by atoms with Crippen molar-refractivity contribution in [2.45, 2.75) is 5.88 Å². The zero-order valence-corrected chi connectivity index (χ0v) is 9.60. The minimum atomic E-state index is 0.475. The van der Waals surface area contributed by atoms with Crippen molar-refractivity contribution >= 4 is 45.9 Å². The van der Waals surface area contributed by atoms with Crippen LogP contribution in [-0.4, -0.2) is 4.98 Å². The van der Waals surface area contributed by atoms with E-state index >= 15 is 0 Å². The lowest BCUT2D eigenvalue weighted by Gasteiger charge is -1.86. The van der Waals surface area contributed by atoms with Gasteiger partial charge in [0, 0.05) is 16.3 Å². The summed E-state index contributed by atoms with van der Waals surface area (Å²) >= 11 is 14.6. The molecule has 68 valence electrons. The second kappa shape index (κ2) is 3.96. The lowest BCUT2D eigenvalue weighted by molar-refractivity contribution is 1.27. The van der Waals surface area contributed by atoms with Gasteiger partial charge in [-0.2, -0.15) is 0 Å². The van der Waals surface area contributed by atoms with Gasteiger partial charge >= 0.3 is 0 Å². The maximum absolute atomic E-state index is 5.82. The van der Waals surface area contributed by atoms with Crippen molar-refractivity contribution in [2.75, 3.05) is 0 Å². The lowest BCUT2D eigenvalue weighted by atomic mass is 10.3. The van der Waals surface area contributed by atoms with Gasteiger partial charge in [0.25, 0.3) is 0 Å². The Balaban J connectivity index is 2.35. The number of hydrogen-bond donors (Lipinski definition) is 0. The minimum absolute atomic E-state index is 0.475. The van der Waals surface area contributed by atoms with Crippen LogP contribution in [0.5, 0.6) is 0 Å². The number of hydrogen-bond acceptors (Lipinski definition) is 3. The van der Waals surface area contributed by atoms with Crippen molar-refractivity contribution in [3.63, 3.8) is 0 Å². The van der Waals surface area contributed by atoms with E-state index in [1.807, 2.05) is 16.8 Å². The van der Waals surface area contributed by atoms with Gasteiger partial charge in [-0.25, -0.2) is 4.98 Å². The summed E-state index contributed by atoms with van der Waals surface area (Å²) in [6.45, 7) is 0. The van der Waals surface area contributed by atoms with Gasteiger partial charge in [0.1, 0.15) is 5.01 Å². The van der Waals surface area contributed by atoms with Crippen LogP contribution in [0.1, 0.15) is 5.01 Å². The molecule has 0 aromatic carbocycles. The van der Waals surface area contributed by atoms with Crippen LogP contribution in [0.3, 0.4) is 0 Å². The van der Waals surface area contributed by atoms with Crippen molar-refractivity contribution in [2.24, 2.45) is 0 Å². The van der Waals surface area contributed by atoms with E-state index in [9.17, 15) is 0 Å². The molecule has 5 heteroatoms. The predicted molar refractivity (Wildman–Crippen MR) is 60.0 cm³/mol. The van der Waals surface area contributed by atoms with Crippen molar-refractivity contribution in [3.8, 4) is 11.3 Å². The van der Waals surface area contributed by atoms with Gasteiger partial charge in [0.2, 0.25) is 0 Å². The van der Waals surface area contributed by atoms with E-state index in [4.69, 9.17) is 23.2 Å². The van der Waals surface area contributed by atoms with Crippen LogP contribution in [0.4, 0.5) is 0 Å². The number of rotatable bonds is 2. The van der Waals surface area contributed by atoms with Gasteiger partial charge in [-0.3, -0.25) is 0 Å². The highest BCUT2D eigenvalue weighted by molar-refractivity contribution is 7.14. The third-order valence-electron chi connectivity index (χ3n) is 1.53. The summed E-state index contributed by atoms with van der Waals surface area (Å²) in [7, 11) is 0. The number of nitrogens with zero attached hydrogens (tertiary/aromatic N) is 1. The molecular weight excluding hydrogens is 245 g/mol. The van der Waals surface area contributed by atoms with Gasteiger partial charge in [-0.15, -0.1) is 34.3 Å². The number of alkyl halides is 1. The van der Waals surface area contributed by atoms with Gasteiger partial charge in [0.05, 0.1) is 15.9 Å². The Hall–Kier alpha value is -0.0900. The summed E-state index contributed by atoms with van der Waals surface area (Å²) in [6.07, 6.45) is 0. The molecule has 2 aromatic heterocycles. The molecule has 0 N–H and O–H groups in total. The molecule has 0 saturated heterocycles. The average molecular weight is 250 g/mol. The van der Waals surface area contributed by atoms with Gasteiger partial charge in [-0.1, -0.05) is 11.6 Å². The summed E-state index contributed by atoms with van der Waals surface area (Å²) in [5.41, 5.74) is 2.03. The summed E-state index contributed by atoms with van der Waals surface area (Å²) in [5, 5.41) is 4.94. The fourth-order valence-electron chi connectivity index (χ4n) is 0.949. The molecule has 0 bridgehead atoms. The second-order valence-corrected chi connectivity index (χ2v) is 5.15. The summed E-state index contributed by atoms with van der Waals surface area (Å²) in [6, 6.07) is 1.92. The van der Waals surface area contributed by atoms with Crippen LogP contribution >= 0.6 is 45.9 Å². The molecular formula is C8H5Cl2NS2. The third kappa shape index (κ3) is 2.05. The van der Waals surface area contributed by atoms with Gasteiger partial charge in [0.15, 0.2) is 0 Å². The predicted octanol–water partition coefficient (Wildman–Crippen LogP) is 4.26. The molecule has 2 heterocycles. The van der Waals surface area contributed by atoms with E-state index < -0.39 is 0 Å². The fraction of sp³-hybridized carbons (Fsp3) is 0.125. The molecule has 0 unspecified atom stereocenters. The summed E-state index contributed by atoms with van der Waals surface area (Å²) in [4.78, 5) is 4.35. The van der Waals surface area contributed by atoms with Crippen LogP contribution in [0.15, 0.2) is 16.8 Å². The Morgan fingerprint density at radius 3 is 2.69 bits per heavy atom. The Bertz CT molecular complexity index is 408. The first-order valence-electron chi connectivity index (χ1n) is 3.54. The average Bonchev–Trinajstić information content (AvgIpc) is 2.71. The zero-order valence-electron chi connectivity index (χ0n) is 6.46. The SMILES string of the molecule is ClCc1nc(-c2csc(Cl)c2)cs1. The summed E-state index contributed by atoms with van der Waals surface area (Å²) in [5.74, 6) is 0.475. The van der Waals surface area contributed by atoms with E-state index in [1.54, 1.807) is 11.3 Å². The normalized spacial score (nSPS) is 10.6. The number of halogens is 2. The van der Waals surface area contributed by atoms with E-state index in [0.717, 1.165) is 20.6 Å². The number of aromatic nitrogens is 1. The topological polar surface area (TPSA) is 12.9 Å². The molecule has 2 rings (SSSR count). The molecule has 0 amide bonds. The Morgan fingerprint density at radius 2 is 2.15 bits per heavy atom. The van der Waals surface area contributed by atoms with Crippen LogP contribution in [0.25, 0.3) is 11.3 Å². The van der Waals surface area contributed by atoms with Crippen LogP contribution in [0.2, 0.25) is 4.34 Å². The zero-order chi connectivity index (χ0) is 9.26. The van der Waals surface area contributed by atoms with E-state index in [0.29, 0.717) is 5.88 Å².